The van der Waals surface area contributed by atoms with Crippen LogP contribution in [0.3, 0.4) is 0 Å². The summed E-state index contributed by atoms with van der Waals surface area (Å²) >= 11 is 0. The third-order valence-electron chi connectivity index (χ3n) is 19.2. The molecule has 10 aliphatic rings. The number of benzene rings is 2. The molecule has 0 radical (unpaired) electrons. The molecule has 0 unspecified atom stereocenters. The number of rotatable bonds is 17. The molecule has 4 bridgehead atoms. The summed E-state index contributed by atoms with van der Waals surface area (Å²) in [5, 5.41) is 97.2. The van der Waals surface area contributed by atoms with Gasteiger partial charge in [0, 0.05) is 47.8 Å². The lowest BCUT2D eigenvalue weighted by Gasteiger charge is -2.63. The number of likely N-dealkylation sites (tertiary alicyclic amines) is 2. The number of aliphatic hydroxyl groups excluding tert-OH is 6. The van der Waals surface area contributed by atoms with Gasteiger partial charge in [-0.05, 0) is 116 Å². The van der Waals surface area contributed by atoms with Crippen molar-refractivity contribution in [3.8, 4) is 23.0 Å². The zero-order chi connectivity index (χ0) is 54.8. The van der Waals surface area contributed by atoms with Gasteiger partial charge in [-0.1, -0.05) is 33.7 Å². The number of carbonyl (C=O) groups is 2. The molecule has 4 aliphatic carbocycles. The number of ether oxygens (including phenoxy) is 8. The molecule has 2 spiro atoms. The Morgan fingerprint density at radius 3 is 1.42 bits per heavy atom. The van der Waals surface area contributed by atoms with Crippen LogP contribution < -0.4 is 29.6 Å². The van der Waals surface area contributed by atoms with Gasteiger partial charge in [-0.15, -0.1) is 0 Å². The molecule has 4 saturated heterocycles. The van der Waals surface area contributed by atoms with Crippen LogP contribution in [0.5, 0.6) is 23.0 Å². The summed E-state index contributed by atoms with van der Waals surface area (Å²) in [5.41, 5.74) is 0.00374. The second-order valence-corrected chi connectivity index (χ2v) is 25.6. The van der Waals surface area contributed by atoms with Crippen LogP contribution in [0.15, 0.2) is 24.3 Å². The SMILES string of the molecule is CCOc1ccc2c3c1O[C@H]1[C@@H](O[C@@H]4O[C@H](C(=O)NCCSSCCNC(=O)[C@H]5O[C@@H](O[C@H]6CC[C@@]7(O)[C@H]8Cc9ccc(OCC)c%10c9[C@@]7(CCN8C)[C@H]6O%10)[C@H](O)[C@@H](O)[C@@H]5O)[C@@H](O)[C@H](O)[C@H]4O)CC[C@@]4(O)[C@@H](C2)N(C)CC[C@]314. The Bertz CT molecular complexity index is 2450. The Kier molecular flexibility index (Phi) is 14.8. The fourth-order valence-corrected chi connectivity index (χ4v) is 17.5. The highest BCUT2D eigenvalue weighted by molar-refractivity contribution is 8.76. The molecule has 24 heteroatoms. The molecule has 2 saturated carbocycles. The van der Waals surface area contributed by atoms with Crippen molar-refractivity contribution in [1.82, 2.24) is 20.4 Å². The summed E-state index contributed by atoms with van der Waals surface area (Å²) in [6, 6.07) is 7.55. The molecule has 6 fully saturated rings. The van der Waals surface area contributed by atoms with E-state index in [1.165, 1.54) is 21.6 Å². The van der Waals surface area contributed by atoms with E-state index in [0.29, 0.717) is 112 Å². The number of aliphatic hydroxyl groups is 8. The lowest BCUT2D eigenvalue weighted by molar-refractivity contribution is -0.318. The zero-order valence-corrected chi connectivity index (χ0v) is 45.9. The van der Waals surface area contributed by atoms with Crippen molar-refractivity contribution in [3.05, 3.63) is 46.5 Å². The number of amides is 2. The van der Waals surface area contributed by atoms with Gasteiger partial charge in [0.2, 0.25) is 0 Å². The summed E-state index contributed by atoms with van der Waals surface area (Å²) in [5.74, 6) is 1.63. The van der Waals surface area contributed by atoms with E-state index in [4.69, 9.17) is 37.9 Å². The van der Waals surface area contributed by atoms with E-state index in [1.807, 2.05) is 52.2 Å². The highest BCUT2D eigenvalue weighted by Gasteiger charge is 2.75. The van der Waals surface area contributed by atoms with E-state index < -0.39 is 120 Å². The number of nitrogens with zero attached hydrogens (tertiary/aromatic N) is 2. The highest BCUT2D eigenvalue weighted by Crippen LogP contribution is 2.67. The number of piperidine rings is 2. The third-order valence-corrected chi connectivity index (χ3v) is 21.7. The summed E-state index contributed by atoms with van der Waals surface area (Å²) < 4.78 is 50.5. The van der Waals surface area contributed by atoms with Crippen molar-refractivity contribution in [3.63, 3.8) is 0 Å². The first kappa shape index (κ1) is 55.3. The summed E-state index contributed by atoms with van der Waals surface area (Å²) in [4.78, 5) is 31.5. The molecule has 2 aromatic rings. The van der Waals surface area contributed by atoms with E-state index in [-0.39, 0.29) is 25.2 Å². The van der Waals surface area contributed by atoms with Crippen LogP contribution >= 0.6 is 21.6 Å². The molecule has 78 heavy (non-hydrogen) atoms. The predicted molar refractivity (Wildman–Crippen MR) is 279 cm³/mol. The minimum absolute atomic E-state index is 0.132. The van der Waals surface area contributed by atoms with Gasteiger partial charge < -0.3 is 99.2 Å². The van der Waals surface area contributed by atoms with Gasteiger partial charge in [-0.2, -0.15) is 0 Å². The Morgan fingerprint density at radius 1 is 0.615 bits per heavy atom. The predicted octanol–water partition coefficient (Wildman–Crippen LogP) is -1.25. The van der Waals surface area contributed by atoms with Crippen LogP contribution in [0.4, 0.5) is 0 Å². The minimum atomic E-state index is -1.78. The largest absolute Gasteiger partial charge is 0.490 e. The van der Waals surface area contributed by atoms with Crippen molar-refractivity contribution >= 4 is 33.4 Å². The Morgan fingerprint density at radius 2 is 1.03 bits per heavy atom. The second-order valence-electron chi connectivity index (χ2n) is 22.9. The van der Waals surface area contributed by atoms with Crippen molar-refractivity contribution in [1.29, 1.82) is 0 Å². The normalized spacial score (nSPS) is 42.7. The lowest BCUT2D eigenvalue weighted by Crippen LogP contribution is -2.77. The maximum atomic E-state index is 13.5. The maximum absolute atomic E-state index is 13.5. The maximum Gasteiger partial charge on any atom is 0.252 e. The first-order valence-electron chi connectivity index (χ1n) is 27.7. The van der Waals surface area contributed by atoms with Crippen molar-refractivity contribution < 1.29 is 88.3 Å². The number of likely N-dealkylation sites (N-methyl/N-ethyl adjacent to an activating group) is 2. The van der Waals surface area contributed by atoms with Gasteiger partial charge in [0.15, 0.2) is 47.8 Å². The first-order valence-corrected chi connectivity index (χ1v) is 30.2. The van der Waals surface area contributed by atoms with E-state index in [1.54, 1.807) is 0 Å². The Balaban J connectivity index is 0.621. The molecule has 12 rings (SSSR count). The van der Waals surface area contributed by atoms with Gasteiger partial charge >= 0.3 is 0 Å². The number of hydrogen-bond donors (Lipinski definition) is 10. The van der Waals surface area contributed by atoms with Crippen LogP contribution in [0, 0.1) is 0 Å². The fourth-order valence-electron chi connectivity index (χ4n) is 15.7. The van der Waals surface area contributed by atoms with Gasteiger partial charge in [-0.25, -0.2) is 0 Å². The zero-order valence-electron chi connectivity index (χ0n) is 44.2. The summed E-state index contributed by atoms with van der Waals surface area (Å²) in [7, 11) is 6.82. The van der Waals surface area contributed by atoms with E-state index in [9.17, 15) is 50.4 Å². The molecule has 22 nitrogen and oxygen atoms in total. The fraction of sp³-hybridized carbons (Fsp3) is 0.741. The van der Waals surface area contributed by atoms with Crippen molar-refractivity contribution in [2.75, 3.05) is 65.0 Å². The average Bonchev–Trinajstić information content (AvgIpc) is 2.11. The molecule has 6 heterocycles. The number of nitrogens with one attached hydrogen (secondary N) is 2. The molecule has 430 valence electrons. The van der Waals surface area contributed by atoms with Crippen LogP contribution in [0.1, 0.15) is 74.6 Å². The first-order chi connectivity index (χ1) is 37.4. The quantitative estimate of drug-likeness (QED) is 0.0654. The topological polar surface area (TPSA) is 300 Å². The molecule has 6 aliphatic heterocycles. The molecule has 2 aromatic carbocycles. The second kappa shape index (κ2) is 20.9. The van der Waals surface area contributed by atoms with Crippen LogP contribution in [0.2, 0.25) is 0 Å². The summed E-state index contributed by atoms with van der Waals surface area (Å²) in [6.07, 6.45) is -15.8. The van der Waals surface area contributed by atoms with Crippen molar-refractivity contribution in [2.45, 2.75) is 185 Å². The van der Waals surface area contributed by atoms with Crippen LogP contribution in [-0.2, 0) is 52.2 Å². The number of hydrogen-bond acceptors (Lipinski definition) is 22. The van der Waals surface area contributed by atoms with Gasteiger partial charge in [0.25, 0.3) is 11.8 Å². The van der Waals surface area contributed by atoms with Gasteiger partial charge in [-0.3, -0.25) is 9.59 Å². The monoisotopic (exact) mass is 1130 g/mol. The standard InChI is InChI=1S/C54H74N4O18S2/c1-5-69-27-9-7-25-23-31-53(67)13-11-29(45-51(53,15-19-57(31)3)33(25)41(27)73-45)71-49-39(63)35(59)37(61)43(75-49)47(65)55-17-21-77-78-22-18-56-48(66)44-38(62)36(60)40(64)50(76-44)72-30-12-14-54(68)32-24-26-8-10-28(70-6-2)42-34(26)52(54,46(30)74-42)16-20-58(32)4/h7-10,29-32,35-40,43-46,49-50,59-64,67-68H,5-6,11-24H2,1-4H3,(H,55,65)(H,56,66)/t29-,30-,31+,32+,35-,36-,37-,38-,39+,40+,43-,44-,45-,46-,49+,50+,51-,52-,53+,54+/m0/s1. The molecule has 0 aromatic heterocycles. The molecular formula is C54H74N4O18S2. The Hall–Kier alpha value is -3.28. The lowest BCUT2D eigenvalue weighted by atomic mass is 9.48. The Labute approximate surface area is 460 Å². The van der Waals surface area contributed by atoms with E-state index in [0.717, 1.165) is 22.3 Å². The minimum Gasteiger partial charge on any atom is -0.490 e. The van der Waals surface area contributed by atoms with Crippen molar-refractivity contribution in [2.24, 2.45) is 0 Å². The average molecular weight is 1130 g/mol. The smallest absolute Gasteiger partial charge is 0.252 e. The molecule has 10 N–H and O–H groups in total. The molecular weight excluding hydrogens is 1060 g/mol. The van der Waals surface area contributed by atoms with Gasteiger partial charge in [0.05, 0.1) is 47.5 Å². The van der Waals surface area contributed by atoms with E-state index >= 15 is 0 Å². The van der Waals surface area contributed by atoms with Gasteiger partial charge in [0.1, 0.15) is 48.8 Å². The number of carbonyl (C=O) groups excluding carboxylic acids is 2. The third kappa shape index (κ3) is 8.19. The highest BCUT2D eigenvalue weighted by atomic mass is 33.1. The van der Waals surface area contributed by atoms with E-state index in [2.05, 4.69) is 20.4 Å². The van der Waals surface area contributed by atoms with Crippen LogP contribution in [0.25, 0.3) is 0 Å². The molecule has 2 amide bonds. The summed E-state index contributed by atoms with van der Waals surface area (Å²) in [6.45, 7) is 6.28. The van der Waals surface area contributed by atoms with Crippen LogP contribution in [-0.4, -0.2) is 237 Å². The molecule has 20 atom stereocenters.